The summed E-state index contributed by atoms with van der Waals surface area (Å²) in [5.74, 6) is 1.30. The van der Waals surface area contributed by atoms with Gasteiger partial charge in [0.2, 0.25) is 0 Å². The fourth-order valence-electron chi connectivity index (χ4n) is 5.15. The number of hydrogen-bond donors (Lipinski definition) is 1. The molecule has 0 saturated carbocycles. The van der Waals surface area contributed by atoms with E-state index in [4.69, 9.17) is 4.74 Å². The molecule has 1 aromatic carbocycles. The van der Waals surface area contributed by atoms with Crippen molar-refractivity contribution in [3.8, 4) is 0 Å². The van der Waals surface area contributed by atoms with Crippen LogP contribution in [0.4, 0.5) is 0 Å². The molecule has 4 atom stereocenters. The number of hydrogen-bond acceptors (Lipinski definition) is 3. The van der Waals surface area contributed by atoms with Crippen LogP contribution in [0.2, 0.25) is 0 Å². The van der Waals surface area contributed by atoms with Crippen molar-refractivity contribution in [1.29, 1.82) is 0 Å². The molecule has 0 radical (unpaired) electrons. The highest BCUT2D eigenvalue weighted by Crippen LogP contribution is 2.54. The Morgan fingerprint density at radius 2 is 2.17 bits per heavy atom. The number of carbonyl (C=O) groups is 1. The third kappa shape index (κ3) is 2.27. The molecule has 2 aromatic rings. The molecule has 128 valence electrons. The van der Waals surface area contributed by atoms with Crippen LogP contribution in [-0.4, -0.2) is 36.1 Å². The maximum absolute atomic E-state index is 11.4. The number of H-pyrrole nitrogens is 1. The van der Waals surface area contributed by atoms with Gasteiger partial charge in [0.15, 0.2) is 0 Å². The molecule has 0 amide bonds. The summed E-state index contributed by atoms with van der Waals surface area (Å²) in [4.78, 5) is 17.6. The number of fused-ring (bicyclic) bond motifs is 6. The molecule has 4 nitrogen and oxygen atoms in total. The minimum atomic E-state index is -0.184. The third-order valence-electron chi connectivity index (χ3n) is 6.14. The topological polar surface area (TPSA) is 45.3 Å². The summed E-state index contributed by atoms with van der Waals surface area (Å²) in [6, 6.07) is 9.05. The Morgan fingerprint density at radius 1 is 1.38 bits per heavy atom. The minimum absolute atomic E-state index is 0.184. The van der Waals surface area contributed by atoms with Crippen molar-refractivity contribution in [1.82, 2.24) is 9.88 Å². The van der Waals surface area contributed by atoms with Crippen molar-refractivity contribution in [2.45, 2.75) is 38.6 Å². The molecule has 1 aromatic heterocycles. The molecule has 4 heteroatoms. The number of benzene rings is 1. The lowest BCUT2D eigenvalue weighted by molar-refractivity contribution is -0.142. The molecule has 1 aliphatic carbocycles. The SMILES string of the molecule is CC[C@H]1[C@@H]2CCN(C)[C@H]1c1c([nH]c3ccccc13)C2COC(C)=O. The predicted molar refractivity (Wildman–Crippen MR) is 94.9 cm³/mol. The van der Waals surface area contributed by atoms with Crippen LogP contribution in [0, 0.1) is 11.8 Å². The lowest BCUT2D eigenvalue weighted by Gasteiger charge is -2.50. The molecular weight excluding hydrogens is 300 g/mol. The summed E-state index contributed by atoms with van der Waals surface area (Å²) < 4.78 is 5.47. The van der Waals surface area contributed by atoms with Crippen LogP contribution in [0.25, 0.3) is 10.9 Å². The van der Waals surface area contributed by atoms with Gasteiger partial charge >= 0.3 is 5.97 Å². The van der Waals surface area contributed by atoms with E-state index in [-0.39, 0.29) is 11.9 Å². The number of ether oxygens (including phenoxy) is 1. The average Bonchev–Trinajstić information content (AvgIpc) is 2.95. The molecule has 1 fully saturated rings. The molecule has 1 unspecified atom stereocenters. The van der Waals surface area contributed by atoms with Gasteiger partial charge in [0.25, 0.3) is 0 Å². The first-order valence-corrected chi connectivity index (χ1v) is 9.06. The van der Waals surface area contributed by atoms with Crippen molar-refractivity contribution in [2.75, 3.05) is 20.2 Å². The van der Waals surface area contributed by atoms with Crippen LogP contribution in [-0.2, 0) is 9.53 Å². The number of nitrogens with zero attached hydrogens (tertiary/aromatic N) is 1. The van der Waals surface area contributed by atoms with E-state index in [0.717, 1.165) is 13.0 Å². The molecule has 0 spiro atoms. The van der Waals surface area contributed by atoms with Crippen LogP contribution >= 0.6 is 0 Å². The Labute approximate surface area is 143 Å². The molecule has 2 aliphatic rings. The zero-order chi connectivity index (χ0) is 16.8. The monoisotopic (exact) mass is 326 g/mol. The van der Waals surface area contributed by atoms with Gasteiger partial charge < -0.3 is 9.72 Å². The fourth-order valence-corrected chi connectivity index (χ4v) is 5.15. The van der Waals surface area contributed by atoms with Gasteiger partial charge in [-0.2, -0.15) is 0 Å². The second kappa shape index (κ2) is 5.92. The summed E-state index contributed by atoms with van der Waals surface area (Å²) in [7, 11) is 2.25. The molecule has 1 aliphatic heterocycles. The van der Waals surface area contributed by atoms with Crippen LogP contribution in [0.15, 0.2) is 24.3 Å². The van der Waals surface area contributed by atoms with E-state index in [2.05, 4.69) is 48.1 Å². The van der Waals surface area contributed by atoms with Gasteiger partial charge in [-0.05, 0) is 43.5 Å². The standard InChI is InChI=1S/C20H26N2O2/c1-4-13-14-9-10-22(3)20(13)18-15-7-5-6-8-17(15)21-19(18)16(14)11-24-12(2)23/h5-8,13-14,16,20-21H,4,9-11H2,1-3H3/t13-,14-,16?,20+/m0/s1. The number of nitrogens with one attached hydrogen (secondary N) is 1. The number of piperidine rings is 1. The Morgan fingerprint density at radius 3 is 2.92 bits per heavy atom. The summed E-state index contributed by atoms with van der Waals surface area (Å²) in [6.45, 7) is 5.41. The van der Waals surface area contributed by atoms with Crippen molar-refractivity contribution >= 4 is 16.9 Å². The van der Waals surface area contributed by atoms with Gasteiger partial charge in [-0.1, -0.05) is 31.5 Å². The smallest absolute Gasteiger partial charge is 0.302 e. The first-order valence-electron chi connectivity index (χ1n) is 9.06. The lowest BCUT2D eigenvalue weighted by atomic mass is 9.64. The largest absolute Gasteiger partial charge is 0.465 e. The molecule has 1 N–H and O–H groups in total. The second-order valence-electron chi connectivity index (χ2n) is 7.36. The fraction of sp³-hybridized carbons (Fsp3) is 0.550. The minimum Gasteiger partial charge on any atom is -0.465 e. The Bertz CT molecular complexity index is 766. The van der Waals surface area contributed by atoms with Crippen LogP contribution in [0.1, 0.15) is 49.9 Å². The summed E-state index contributed by atoms with van der Waals surface area (Å²) in [5, 5.41) is 1.33. The van der Waals surface area contributed by atoms with Gasteiger partial charge in [0.05, 0.1) is 6.61 Å². The number of aromatic amines is 1. The number of esters is 1. The molecule has 2 bridgehead atoms. The number of para-hydroxylation sites is 1. The van der Waals surface area contributed by atoms with E-state index in [1.54, 1.807) is 0 Å². The summed E-state index contributed by atoms with van der Waals surface area (Å²) in [5.41, 5.74) is 3.93. The van der Waals surface area contributed by atoms with Gasteiger partial charge in [0, 0.05) is 35.5 Å². The van der Waals surface area contributed by atoms with Crippen LogP contribution in [0.3, 0.4) is 0 Å². The van der Waals surface area contributed by atoms with Crippen molar-refractivity contribution in [3.63, 3.8) is 0 Å². The zero-order valence-corrected chi connectivity index (χ0v) is 14.7. The second-order valence-corrected chi connectivity index (χ2v) is 7.36. The maximum Gasteiger partial charge on any atom is 0.302 e. The van der Waals surface area contributed by atoms with E-state index < -0.39 is 0 Å². The van der Waals surface area contributed by atoms with Crippen molar-refractivity contribution in [3.05, 3.63) is 35.5 Å². The van der Waals surface area contributed by atoms with E-state index in [0.29, 0.717) is 24.5 Å². The molecule has 4 rings (SSSR count). The van der Waals surface area contributed by atoms with Gasteiger partial charge in [-0.15, -0.1) is 0 Å². The first kappa shape index (κ1) is 15.7. The average molecular weight is 326 g/mol. The van der Waals surface area contributed by atoms with Crippen molar-refractivity contribution in [2.24, 2.45) is 11.8 Å². The molecule has 24 heavy (non-hydrogen) atoms. The normalized spacial score (nSPS) is 29.5. The van der Waals surface area contributed by atoms with Gasteiger partial charge in [0.1, 0.15) is 0 Å². The van der Waals surface area contributed by atoms with Crippen LogP contribution < -0.4 is 0 Å². The molecule has 2 heterocycles. The molecule has 1 saturated heterocycles. The number of aromatic nitrogens is 1. The highest BCUT2D eigenvalue weighted by molar-refractivity contribution is 5.86. The zero-order valence-electron chi connectivity index (χ0n) is 14.7. The Kier molecular flexibility index (Phi) is 3.87. The van der Waals surface area contributed by atoms with Gasteiger partial charge in [-0.25, -0.2) is 0 Å². The van der Waals surface area contributed by atoms with E-state index in [1.807, 2.05) is 0 Å². The Balaban J connectivity index is 1.89. The third-order valence-corrected chi connectivity index (χ3v) is 6.14. The quantitative estimate of drug-likeness (QED) is 0.872. The van der Waals surface area contributed by atoms with Crippen molar-refractivity contribution < 1.29 is 9.53 Å². The summed E-state index contributed by atoms with van der Waals surface area (Å²) in [6.07, 6.45) is 2.33. The highest BCUT2D eigenvalue weighted by Gasteiger charge is 2.48. The molecular formula is C20H26N2O2. The first-order chi connectivity index (χ1) is 11.6. The lowest BCUT2D eigenvalue weighted by Crippen LogP contribution is -2.47. The highest BCUT2D eigenvalue weighted by atomic mass is 16.5. The summed E-state index contributed by atoms with van der Waals surface area (Å²) >= 11 is 0. The van der Waals surface area contributed by atoms with Gasteiger partial charge in [-0.3, -0.25) is 9.69 Å². The number of rotatable bonds is 3. The maximum atomic E-state index is 11.4. The van der Waals surface area contributed by atoms with Crippen LogP contribution in [0.5, 0.6) is 0 Å². The van der Waals surface area contributed by atoms with E-state index in [9.17, 15) is 4.79 Å². The number of carbonyl (C=O) groups excluding carboxylic acids is 1. The Hall–Kier alpha value is -1.81. The predicted octanol–water partition coefficient (Wildman–Crippen LogP) is 3.85. The number of likely N-dealkylation sites (tertiary alicyclic amines) is 1. The van der Waals surface area contributed by atoms with E-state index >= 15 is 0 Å². The van der Waals surface area contributed by atoms with E-state index in [1.165, 1.54) is 35.5 Å².